The van der Waals surface area contributed by atoms with Crippen molar-refractivity contribution >= 4 is 10.9 Å². The number of aryl methyl sites for hydroxylation is 1. The number of aliphatic hydroxyl groups is 1. The van der Waals surface area contributed by atoms with Crippen LogP contribution in [-0.4, -0.2) is 33.7 Å². The molecule has 0 saturated carbocycles. The van der Waals surface area contributed by atoms with Crippen LogP contribution < -0.4 is 0 Å². The fourth-order valence-corrected chi connectivity index (χ4v) is 2.90. The molecule has 0 spiro atoms. The molecule has 3 rings (SSSR count). The third-order valence-electron chi connectivity index (χ3n) is 3.97. The molecule has 1 atom stereocenters. The van der Waals surface area contributed by atoms with E-state index in [9.17, 15) is 5.11 Å². The van der Waals surface area contributed by atoms with Crippen molar-refractivity contribution in [1.82, 2.24) is 9.78 Å². The van der Waals surface area contributed by atoms with Gasteiger partial charge in [-0.1, -0.05) is 18.2 Å². The molecule has 1 unspecified atom stereocenters. The van der Waals surface area contributed by atoms with E-state index in [1.807, 2.05) is 23.9 Å². The zero-order chi connectivity index (χ0) is 13.3. The lowest BCUT2D eigenvalue weighted by molar-refractivity contribution is 0.0182. The fourth-order valence-electron chi connectivity index (χ4n) is 2.90. The Bertz CT molecular complexity index is 569. The maximum atomic E-state index is 10.7. The van der Waals surface area contributed by atoms with Gasteiger partial charge in [0, 0.05) is 32.1 Å². The molecule has 102 valence electrons. The first-order valence-electron chi connectivity index (χ1n) is 6.89. The number of aromatic nitrogens is 2. The molecule has 1 saturated heterocycles. The standard InChI is InChI=1S/C15H20N2O2/c1-17-14-6-3-2-5-12(14)13(16-17)11-15(18)7-4-9-19-10-8-15/h2-3,5-6,18H,4,7-11H2,1H3. The lowest BCUT2D eigenvalue weighted by Crippen LogP contribution is -2.32. The van der Waals surface area contributed by atoms with Crippen molar-refractivity contribution in [2.24, 2.45) is 7.05 Å². The molecule has 1 aliphatic heterocycles. The number of hydrogen-bond donors (Lipinski definition) is 1. The zero-order valence-corrected chi connectivity index (χ0v) is 11.3. The number of para-hydroxylation sites is 1. The Morgan fingerprint density at radius 3 is 3.05 bits per heavy atom. The third-order valence-corrected chi connectivity index (χ3v) is 3.97. The summed E-state index contributed by atoms with van der Waals surface area (Å²) in [6.07, 6.45) is 3.01. The van der Waals surface area contributed by atoms with Crippen LogP contribution in [0.15, 0.2) is 24.3 Å². The Morgan fingerprint density at radius 2 is 2.16 bits per heavy atom. The molecular formula is C15H20N2O2. The minimum absolute atomic E-state index is 0.609. The van der Waals surface area contributed by atoms with Gasteiger partial charge < -0.3 is 9.84 Å². The highest BCUT2D eigenvalue weighted by molar-refractivity contribution is 5.81. The van der Waals surface area contributed by atoms with Gasteiger partial charge in [-0.3, -0.25) is 4.68 Å². The van der Waals surface area contributed by atoms with Crippen LogP contribution in [0.1, 0.15) is 25.0 Å². The highest BCUT2D eigenvalue weighted by Gasteiger charge is 2.30. The second-order valence-corrected chi connectivity index (χ2v) is 5.45. The Kier molecular flexibility index (Phi) is 3.29. The second kappa shape index (κ2) is 4.94. The van der Waals surface area contributed by atoms with E-state index in [0.717, 1.165) is 36.0 Å². The van der Waals surface area contributed by atoms with Crippen LogP contribution in [0.2, 0.25) is 0 Å². The summed E-state index contributed by atoms with van der Waals surface area (Å²) in [4.78, 5) is 0. The smallest absolute Gasteiger partial charge is 0.0731 e. The van der Waals surface area contributed by atoms with E-state index in [0.29, 0.717) is 19.4 Å². The van der Waals surface area contributed by atoms with Gasteiger partial charge in [0.1, 0.15) is 0 Å². The van der Waals surface area contributed by atoms with Crippen LogP contribution in [0.4, 0.5) is 0 Å². The molecule has 1 aromatic heterocycles. The van der Waals surface area contributed by atoms with E-state index in [1.54, 1.807) is 0 Å². The first kappa shape index (κ1) is 12.6. The molecule has 4 nitrogen and oxygen atoms in total. The molecule has 2 heterocycles. The lowest BCUT2D eigenvalue weighted by Gasteiger charge is -2.25. The normalized spacial score (nSPS) is 24.5. The van der Waals surface area contributed by atoms with Crippen LogP contribution in [0, 0.1) is 0 Å². The number of rotatable bonds is 2. The SMILES string of the molecule is Cn1nc(CC2(O)CCCOCC2)c2ccccc21. The van der Waals surface area contributed by atoms with Crippen molar-refractivity contribution in [1.29, 1.82) is 0 Å². The van der Waals surface area contributed by atoms with Gasteiger partial charge in [-0.25, -0.2) is 0 Å². The third kappa shape index (κ3) is 2.51. The largest absolute Gasteiger partial charge is 0.389 e. The van der Waals surface area contributed by atoms with Crippen molar-refractivity contribution in [2.45, 2.75) is 31.3 Å². The lowest BCUT2D eigenvalue weighted by atomic mass is 9.89. The van der Waals surface area contributed by atoms with Crippen LogP contribution in [0.3, 0.4) is 0 Å². The first-order valence-corrected chi connectivity index (χ1v) is 6.89. The van der Waals surface area contributed by atoms with E-state index in [4.69, 9.17) is 4.74 Å². The number of benzene rings is 1. The summed E-state index contributed by atoms with van der Waals surface area (Å²) in [5.74, 6) is 0. The van der Waals surface area contributed by atoms with Crippen molar-refractivity contribution in [3.63, 3.8) is 0 Å². The summed E-state index contributed by atoms with van der Waals surface area (Å²) in [5, 5.41) is 16.5. The molecule has 1 aromatic carbocycles. The molecule has 1 aliphatic rings. The van der Waals surface area contributed by atoms with Crippen LogP contribution in [-0.2, 0) is 18.2 Å². The first-order chi connectivity index (χ1) is 9.18. The summed E-state index contributed by atoms with van der Waals surface area (Å²) in [6.45, 7) is 1.40. The molecule has 0 bridgehead atoms. The Labute approximate surface area is 113 Å². The molecule has 1 fully saturated rings. The minimum Gasteiger partial charge on any atom is -0.389 e. The Balaban J connectivity index is 1.92. The predicted molar refractivity (Wildman–Crippen MR) is 74.0 cm³/mol. The number of fused-ring (bicyclic) bond motifs is 1. The van der Waals surface area contributed by atoms with Gasteiger partial charge in [-0.05, 0) is 25.3 Å². The van der Waals surface area contributed by atoms with Gasteiger partial charge in [0.25, 0.3) is 0 Å². The number of nitrogens with zero attached hydrogens (tertiary/aromatic N) is 2. The van der Waals surface area contributed by atoms with Gasteiger partial charge in [0.2, 0.25) is 0 Å². The van der Waals surface area contributed by atoms with E-state index in [-0.39, 0.29) is 0 Å². The van der Waals surface area contributed by atoms with Gasteiger partial charge in [0.15, 0.2) is 0 Å². The predicted octanol–water partition coefficient (Wildman–Crippen LogP) is 2.05. The van der Waals surface area contributed by atoms with Crippen LogP contribution in [0.25, 0.3) is 10.9 Å². The van der Waals surface area contributed by atoms with Gasteiger partial charge in [-0.2, -0.15) is 5.10 Å². The van der Waals surface area contributed by atoms with Crippen LogP contribution >= 0.6 is 0 Å². The molecule has 1 N–H and O–H groups in total. The summed E-state index contributed by atoms with van der Waals surface area (Å²) in [6, 6.07) is 8.18. The van der Waals surface area contributed by atoms with E-state index < -0.39 is 5.60 Å². The molecule has 19 heavy (non-hydrogen) atoms. The quantitative estimate of drug-likeness (QED) is 0.899. The summed E-state index contributed by atoms with van der Waals surface area (Å²) >= 11 is 0. The van der Waals surface area contributed by atoms with E-state index in [2.05, 4.69) is 17.2 Å². The zero-order valence-electron chi connectivity index (χ0n) is 11.3. The van der Waals surface area contributed by atoms with Crippen molar-refractivity contribution in [2.75, 3.05) is 13.2 Å². The van der Waals surface area contributed by atoms with Crippen LogP contribution in [0.5, 0.6) is 0 Å². The van der Waals surface area contributed by atoms with E-state index >= 15 is 0 Å². The summed E-state index contributed by atoms with van der Waals surface area (Å²) in [5.41, 5.74) is 1.43. The monoisotopic (exact) mass is 260 g/mol. The average molecular weight is 260 g/mol. The van der Waals surface area contributed by atoms with Gasteiger partial charge in [0.05, 0.1) is 16.8 Å². The van der Waals surface area contributed by atoms with Gasteiger partial charge >= 0.3 is 0 Å². The van der Waals surface area contributed by atoms with Gasteiger partial charge in [-0.15, -0.1) is 0 Å². The minimum atomic E-state index is -0.673. The van der Waals surface area contributed by atoms with Crippen molar-refractivity contribution < 1.29 is 9.84 Å². The maximum absolute atomic E-state index is 10.7. The highest BCUT2D eigenvalue weighted by Crippen LogP contribution is 2.28. The molecule has 2 aromatic rings. The molecular weight excluding hydrogens is 240 g/mol. The fraction of sp³-hybridized carbons (Fsp3) is 0.533. The maximum Gasteiger partial charge on any atom is 0.0731 e. The van der Waals surface area contributed by atoms with Crippen molar-refractivity contribution in [3.8, 4) is 0 Å². The summed E-state index contributed by atoms with van der Waals surface area (Å²) < 4.78 is 7.32. The second-order valence-electron chi connectivity index (χ2n) is 5.45. The Hall–Kier alpha value is -1.39. The molecule has 0 amide bonds. The number of ether oxygens (including phenoxy) is 1. The average Bonchev–Trinajstić information content (AvgIpc) is 2.58. The molecule has 0 radical (unpaired) electrons. The molecule has 0 aliphatic carbocycles. The Morgan fingerprint density at radius 1 is 1.32 bits per heavy atom. The summed E-state index contributed by atoms with van der Waals surface area (Å²) in [7, 11) is 1.95. The molecule has 4 heteroatoms. The number of hydrogen-bond acceptors (Lipinski definition) is 3. The topological polar surface area (TPSA) is 47.3 Å². The van der Waals surface area contributed by atoms with E-state index in [1.165, 1.54) is 0 Å². The highest BCUT2D eigenvalue weighted by atomic mass is 16.5. The van der Waals surface area contributed by atoms with Crippen molar-refractivity contribution in [3.05, 3.63) is 30.0 Å².